The zero-order valence-electron chi connectivity index (χ0n) is 11.2. The van der Waals surface area contributed by atoms with E-state index in [2.05, 4.69) is 36.3 Å². The normalized spacial score (nSPS) is 14.4. The van der Waals surface area contributed by atoms with E-state index >= 15 is 0 Å². The second kappa shape index (κ2) is 7.22. The van der Waals surface area contributed by atoms with Crippen LogP contribution in [0.4, 0.5) is 0 Å². The summed E-state index contributed by atoms with van der Waals surface area (Å²) in [7, 11) is 1.60. The Bertz CT molecular complexity index is 313. The van der Waals surface area contributed by atoms with Gasteiger partial charge in [-0.15, -0.1) is 5.10 Å². The lowest BCUT2D eigenvalue weighted by Gasteiger charge is -2.20. The van der Waals surface area contributed by atoms with Crippen molar-refractivity contribution in [3.05, 3.63) is 17.8 Å². The van der Waals surface area contributed by atoms with E-state index < -0.39 is 0 Å². The highest BCUT2D eigenvalue weighted by Crippen LogP contribution is 2.21. The summed E-state index contributed by atoms with van der Waals surface area (Å²) in [5.74, 6) is 1.25. The maximum absolute atomic E-state index is 5.02. The Morgan fingerprint density at radius 2 is 2.06 bits per heavy atom. The van der Waals surface area contributed by atoms with Crippen LogP contribution in [0, 0.1) is 5.92 Å². The third kappa shape index (κ3) is 4.30. The molecule has 0 aliphatic carbocycles. The van der Waals surface area contributed by atoms with Crippen LogP contribution in [0.2, 0.25) is 0 Å². The monoisotopic (exact) mass is 237 g/mol. The van der Waals surface area contributed by atoms with E-state index in [4.69, 9.17) is 4.74 Å². The summed E-state index contributed by atoms with van der Waals surface area (Å²) < 4.78 is 5.02. The van der Waals surface area contributed by atoms with Crippen LogP contribution in [0.1, 0.15) is 45.3 Å². The van der Waals surface area contributed by atoms with Crippen LogP contribution in [-0.4, -0.2) is 23.9 Å². The molecule has 0 spiro atoms. The van der Waals surface area contributed by atoms with E-state index in [1.807, 2.05) is 12.1 Å². The standard InChI is InChI=1S/C13H23N3O/c1-5-10(3)9-12(14-6-2)11-7-8-13(17-4)16-15-11/h7-8,10,12,14H,5-6,9H2,1-4H3. The van der Waals surface area contributed by atoms with Gasteiger partial charge < -0.3 is 10.1 Å². The van der Waals surface area contributed by atoms with Gasteiger partial charge >= 0.3 is 0 Å². The fraction of sp³-hybridized carbons (Fsp3) is 0.692. The molecule has 0 aliphatic heterocycles. The Kier molecular flexibility index (Phi) is 5.91. The first-order chi connectivity index (χ1) is 8.21. The largest absolute Gasteiger partial charge is 0.480 e. The molecule has 0 saturated heterocycles. The second-order valence-corrected chi connectivity index (χ2v) is 4.36. The van der Waals surface area contributed by atoms with Crippen molar-refractivity contribution in [2.75, 3.05) is 13.7 Å². The minimum atomic E-state index is 0.286. The summed E-state index contributed by atoms with van der Waals surface area (Å²) >= 11 is 0. The molecule has 0 amide bonds. The first-order valence-corrected chi connectivity index (χ1v) is 6.32. The van der Waals surface area contributed by atoms with E-state index in [0.29, 0.717) is 11.8 Å². The van der Waals surface area contributed by atoms with E-state index in [1.54, 1.807) is 7.11 Å². The van der Waals surface area contributed by atoms with Gasteiger partial charge in [0.15, 0.2) is 0 Å². The lowest BCUT2D eigenvalue weighted by atomic mass is 9.97. The summed E-state index contributed by atoms with van der Waals surface area (Å²) in [6.07, 6.45) is 2.27. The summed E-state index contributed by atoms with van der Waals surface area (Å²) in [4.78, 5) is 0. The van der Waals surface area contributed by atoms with Crippen molar-refractivity contribution in [1.29, 1.82) is 0 Å². The van der Waals surface area contributed by atoms with E-state index in [-0.39, 0.29) is 6.04 Å². The molecule has 1 heterocycles. The van der Waals surface area contributed by atoms with Gasteiger partial charge in [-0.05, 0) is 24.9 Å². The number of nitrogens with one attached hydrogen (secondary N) is 1. The van der Waals surface area contributed by atoms with Crippen LogP contribution >= 0.6 is 0 Å². The van der Waals surface area contributed by atoms with Crippen LogP contribution in [-0.2, 0) is 0 Å². The van der Waals surface area contributed by atoms with Gasteiger partial charge in [-0.2, -0.15) is 5.10 Å². The molecular formula is C13H23N3O. The number of nitrogens with zero attached hydrogens (tertiary/aromatic N) is 2. The van der Waals surface area contributed by atoms with Crippen LogP contribution < -0.4 is 10.1 Å². The van der Waals surface area contributed by atoms with Gasteiger partial charge in [0.2, 0.25) is 5.88 Å². The molecule has 1 rings (SSSR count). The van der Waals surface area contributed by atoms with Crippen molar-refractivity contribution in [2.45, 2.75) is 39.7 Å². The predicted octanol–water partition coefficient (Wildman–Crippen LogP) is 2.57. The first kappa shape index (κ1) is 13.9. The molecule has 17 heavy (non-hydrogen) atoms. The molecule has 0 aromatic carbocycles. The fourth-order valence-electron chi connectivity index (χ4n) is 1.75. The smallest absolute Gasteiger partial charge is 0.233 e. The predicted molar refractivity (Wildman–Crippen MR) is 69.1 cm³/mol. The third-order valence-electron chi connectivity index (χ3n) is 3.01. The molecule has 2 atom stereocenters. The highest BCUT2D eigenvalue weighted by Gasteiger charge is 2.15. The molecule has 0 saturated carbocycles. The highest BCUT2D eigenvalue weighted by atomic mass is 16.5. The SMILES string of the molecule is CCNC(CC(C)CC)c1ccc(OC)nn1. The molecule has 0 fully saturated rings. The lowest BCUT2D eigenvalue weighted by Crippen LogP contribution is -2.24. The molecule has 1 aromatic rings. The van der Waals surface area contributed by atoms with E-state index in [1.165, 1.54) is 6.42 Å². The Labute approximate surface area is 104 Å². The maximum Gasteiger partial charge on any atom is 0.233 e. The number of methoxy groups -OCH3 is 1. The van der Waals surface area contributed by atoms with Crippen molar-refractivity contribution in [1.82, 2.24) is 15.5 Å². The highest BCUT2D eigenvalue weighted by molar-refractivity contribution is 5.14. The Hall–Kier alpha value is -1.16. The van der Waals surface area contributed by atoms with Crippen LogP contribution in [0.5, 0.6) is 5.88 Å². The Morgan fingerprint density at radius 3 is 2.53 bits per heavy atom. The molecule has 0 aliphatic rings. The maximum atomic E-state index is 5.02. The first-order valence-electron chi connectivity index (χ1n) is 6.32. The van der Waals surface area contributed by atoms with Crippen molar-refractivity contribution in [2.24, 2.45) is 5.92 Å². The number of aromatic nitrogens is 2. The van der Waals surface area contributed by atoms with Gasteiger partial charge in [-0.1, -0.05) is 27.2 Å². The molecule has 1 N–H and O–H groups in total. The van der Waals surface area contributed by atoms with Gasteiger partial charge in [-0.3, -0.25) is 0 Å². The molecule has 96 valence electrons. The van der Waals surface area contributed by atoms with Crippen molar-refractivity contribution < 1.29 is 4.74 Å². The number of hydrogen-bond donors (Lipinski definition) is 1. The molecule has 1 aromatic heterocycles. The third-order valence-corrected chi connectivity index (χ3v) is 3.01. The fourth-order valence-corrected chi connectivity index (χ4v) is 1.75. The number of rotatable bonds is 7. The molecule has 0 radical (unpaired) electrons. The number of ether oxygens (including phenoxy) is 1. The molecule has 4 nitrogen and oxygen atoms in total. The van der Waals surface area contributed by atoms with Gasteiger partial charge in [0, 0.05) is 6.07 Å². The minimum Gasteiger partial charge on any atom is -0.480 e. The van der Waals surface area contributed by atoms with Crippen LogP contribution in [0.3, 0.4) is 0 Å². The molecule has 2 unspecified atom stereocenters. The average Bonchev–Trinajstić information content (AvgIpc) is 2.38. The summed E-state index contributed by atoms with van der Waals surface area (Å²) in [6.45, 7) is 7.53. The average molecular weight is 237 g/mol. The molecular weight excluding hydrogens is 214 g/mol. The van der Waals surface area contributed by atoms with Gasteiger partial charge in [0.25, 0.3) is 0 Å². The topological polar surface area (TPSA) is 47.0 Å². The summed E-state index contributed by atoms with van der Waals surface area (Å²) in [6, 6.07) is 4.14. The summed E-state index contributed by atoms with van der Waals surface area (Å²) in [5.41, 5.74) is 0.993. The minimum absolute atomic E-state index is 0.286. The van der Waals surface area contributed by atoms with Gasteiger partial charge in [-0.25, -0.2) is 0 Å². The zero-order chi connectivity index (χ0) is 12.7. The zero-order valence-corrected chi connectivity index (χ0v) is 11.2. The van der Waals surface area contributed by atoms with Crippen molar-refractivity contribution in [3.63, 3.8) is 0 Å². The van der Waals surface area contributed by atoms with Crippen molar-refractivity contribution >= 4 is 0 Å². The second-order valence-electron chi connectivity index (χ2n) is 4.36. The summed E-state index contributed by atoms with van der Waals surface area (Å²) in [5, 5.41) is 11.7. The van der Waals surface area contributed by atoms with Gasteiger partial charge in [0.05, 0.1) is 18.8 Å². The quantitative estimate of drug-likeness (QED) is 0.791. The van der Waals surface area contributed by atoms with Crippen molar-refractivity contribution in [3.8, 4) is 5.88 Å². The van der Waals surface area contributed by atoms with Crippen LogP contribution in [0.25, 0.3) is 0 Å². The Morgan fingerprint density at radius 1 is 1.29 bits per heavy atom. The van der Waals surface area contributed by atoms with E-state index in [0.717, 1.165) is 18.7 Å². The molecule has 0 bridgehead atoms. The Balaban J connectivity index is 2.73. The molecule has 4 heteroatoms. The lowest BCUT2D eigenvalue weighted by molar-refractivity contribution is 0.379. The van der Waals surface area contributed by atoms with Gasteiger partial charge in [0.1, 0.15) is 0 Å². The van der Waals surface area contributed by atoms with Crippen LogP contribution in [0.15, 0.2) is 12.1 Å². The van der Waals surface area contributed by atoms with E-state index in [9.17, 15) is 0 Å². The number of hydrogen-bond acceptors (Lipinski definition) is 4.